The van der Waals surface area contributed by atoms with E-state index in [1.807, 2.05) is 19.9 Å². The van der Waals surface area contributed by atoms with Crippen molar-refractivity contribution >= 4 is 17.3 Å². The van der Waals surface area contributed by atoms with E-state index in [1.54, 1.807) is 17.3 Å². The molecule has 0 fully saturated rings. The largest absolute Gasteiger partial charge is 0.384 e. The van der Waals surface area contributed by atoms with Crippen molar-refractivity contribution in [1.82, 2.24) is 9.88 Å². The Morgan fingerprint density at radius 2 is 1.79 bits per heavy atom. The van der Waals surface area contributed by atoms with Gasteiger partial charge in [0.05, 0.1) is 30.3 Å². The molecule has 0 saturated heterocycles. The highest BCUT2D eigenvalue weighted by Crippen LogP contribution is 2.12. The first-order chi connectivity index (χ1) is 9.21. The fraction of sp³-hybridized carbons (Fsp3) is 0.571. The molecular weight excluding hydrogens is 240 g/mol. The van der Waals surface area contributed by atoms with Gasteiger partial charge in [-0.3, -0.25) is 9.78 Å². The summed E-state index contributed by atoms with van der Waals surface area (Å²) >= 11 is 0. The molecule has 1 rings (SSSR count). The summed E-state index contributed by atoms with van der Waals surface area (Å²) in [6, 6.07) is 1.97. The van der Waals surface area contributed by atoms with Crippen molar-refractivity contribution in [2.45, 2.75) is 27.2 Å². The highest BCUT2D eigenvalue weighted by atomic mass is 16.2. The minimum atomic E-state index is 0.108. The van der Waals surface area contributed by atoms with Crippen LogP contribution in [0.1, 0.15) is 27.2 Å². The lowest BCUT2D eigenvalue weighted by Crippen LogP contribution is -2.35. The molecule has 0 radical (unpaired) electrons. The van der Waals surface area contributed by atoms with Crippen molar-refractivity contribution in [3.63, 3.8) is 0 Å². The second kappa shape index (κ2) is 8.34. The quantitative estimate of drug-likeness (QED) is 0.755. The topological polar surface area (TPSA) is 57.3 Å². The third kappa shape index (κ3) is 5.16. The number of aromatic nitrogens is 1. The molecular formula is C14H24N4O. The molecule has 5 nitrogen and oxygen atoms in total. The number of amides is 1. The smallest absolute Gasteiger partial charge is 0.241 e. The maximum atomic E-state index is 11.9. The number of likely N-dealkylation sites (N-methyl/N-ethyl adjacent to an activating group) is 1. The summed E-state index contributed by atoms with van der Waals surface area (Å²) in [6.45, 7) is 8.80. The van der Waals surface area contributed by atoms with Gasteiger partial charge in [-0.25, -0.2) is 0 Å². The minimum Gasteiger partial charge on any atom is -0.384 e. The second-order valence-electron chi connectivity index (χ2n) is 4.31. The van der Waals surface area contributed by atoms with Crippen molar-refractivity contribution < 1.29 is 4.79 Å². The molecule has 0 bridgehead atoms. The fourth-order valence-corrected chi connectivity index (χ4v) is 1.77. The molecule has 0 aliphatic heterocycles. The van der Waals surface area contributed by atoms with Gasteiger partial charge in [0.15, 0.2) is 0 Å². The molecule has 5 heteroatoms. The molecule has 0 saturated carbocycles. The Morgan fingerprint density at radius 3 is 2.37 bits per heavy atom. The Hall–Kier alpha value is -1.78. The van der Waals surface area contributed by atoms with Gasteiger partial charge in [0, 0.05) is 19.6 Å². The summed E-state index contributed by atoms with van der Waals surface area (Å²) in [7, 11) is 0. The van der Waals surface area contributed by atoms with Crippen LogP contribution in [0.3, 0.4) is 0 Å². The van der Waals surface area contributed by atoms with Crippen LogP contribution in [0.5, 0.6) is 0 Å². The lowest BCUT2D eigenvalue weighted by molar-refractivity contribution is -0.128. The normalized spacial score (nSPS) is 10.1. The highest BCUT2D eigenvalue weighted by molar-refractivity contribution is 5.80. The van der Waals surface area contributed by atoms with Crippen LogP contribution in [-0.4, -0.2) is 42.0 Å². The zero-order chi connectivity index (χ0) is 14.1. The van der Waals surface area contributed by atoms with Gasteiger partial charge < -0.3 is 15.5 Å². The zero-order valence-electron chi connectivity index (χ0n) is 12.1. The van der Waals surface area contributed by atoms with Crippen LogP contribution < -0.4 is 10.6 Å². The van der Waals surface area contributed by atoms with E-state index in [0.29, 0.717) is 6.54 Å². The molecule has 1 heterocycles. The zero-order valence-corrected chi connectivity index (χ0v) is 12.1. The maximum Gasteiger partial charge on any atom is 0.241 e. The van der Waals surface area contributed by atoms with E-state index in [-0.39, 0.29) is 5.91 Å². The van der Waals surface area contributed by atoms with Crippen LogP contribution in [0.25, 0.3) is 0 Å². The SMILES string of the molecule is CCCNc1cncc(NCC(=O)N(CC)CC)c1. The summed E-state index contributed by atoms with van der Waals surface area (Å²) in [5, 5.41) is 6.39. The first kappa shape index (κ1) is 15.3. The molecule has 106 valence electrons. The number of rotatable bonds is 8. The van der Waals surface area contributed by atoms with Crippen LogP contribution in [-0.2, 0) is 4.79 Å². The predicted molar refractivity (Wildman–Crippen MR) is 79.4 cm³/mol. The van der Waals surface area contributed by atoms with Crippen LogP contribution in [0.2, 0.25) is 0 Å². The standard InChI is InChI=1S/C14H24N4O/c1-4-7-16-12-8-13(10-15-9-12)17-11-14(19)18(5-2)6-3/h8-10,16-17H,4-7,11H2,1-3H3. The van der Waals surface area contributed by atoms with Gasteiger partial charge in [-0.1, -0.05) is 6.92 Å². The fourth-order valence-electron chi connectivity index (χ4n) is 1.77. The van der Waals surface area contributed by atoms with E-state index in [4.69, 9.17) is 0 Å². The molecule has 1 amide bonds. The predicted octanol–water partition coefficient (Wildman–Crippen LogP) is 2.18. The summed E-state index contributed by atoms with van der Waals surface area (Å²) in [6.07, 6.45) is 4.58. The Bertz CT molecular complexity index is 391. The Balaban J connectivity index is 2.50. The monoisotopic (exact) mass is 264 g/mol. The van der Waals surface area contributed by atoms with Gasteiger partial charge in [-0.05, 0) is 26.3 Å². The van der Waals surface area contributed by atoms with E-state index in [2.05, 4.69) is 22.5 Å². The number of nitrogens with one attached hydrogen (secondary N) is 2. The van der Waals surface area contributed by atoms with Crippen LogP contribution in [0.15, 0.2) is 18.5 Å². The van der Waals surface area contributed by atoms with Crippen molar-refractivity contribution in [3.8, 4) is 0 Å². The molecule has 0 aliphatic carbocycles. The number of hydrogen-bond donors (Lipinski definition) is 2. The van der Waals surface area contributed by atoms with E-state index in [1.165, 1.54) is 0 Å². The Morgan fingerprint density at radius 1 is 1.16 bits per heavy atom. The van der Waals surface area contributed by atoms with E-state index in [9.17, 15) is 4.79 Å². The lowest BCUT2D eigenvalue weighted by atomic mass is 10.3. The van der Waals surface area contributed by atoms with Crippen molar-refractivity contribution in [2.75, 3.05) is 36.8 Å². The summed E-state index contributed by atoms with van der Waals surface area (Å²) in [5.41, 5.74) is 1.84. The molecule has 0 unspecified atom stereocenters. The number of pyridine rings is 1. The Labute approximate surface area is 115 Å². The first-order valence-electron chi connectivity index (χ1n) is 6.91. The van der Waals surface area contributed by atoms with Crippen LogP contribution in [0.4, 0.5) is 11.4 Å². The summed E-state index contributed by atoms with van der Waals surface area (Å²) in [4.78, 5) is 17.8. The van der Waals surface area contributed by atoms with Gasteiger partial charge in [0.1, 0.15) is 0 Å². The van der Waals surface area contributed by atoms with E-state index >= 15 is 0 Å². The number of anilines is 2. The maximum absolute atomic E-state index is 11.9. The Kier molecular flexibility index (Phi) is 6.71. The molecule has 0 aliphatic rings. The van der Waals surface area contributed by atoms with Crippen LogP contribution >= 0.6 is 0 Å². The number of carbonyl (C=O) groups excluding carboxylic acids is 1. The average molecular weight is 264 g/mol. The number of carbonyl (C=O) groups is 1. The van der Waals surface area contributed by atoms with Crippen molar-refractivity contribution in [1.29, 1.82) is 0 Å². The molecule has 1 aromatic heterocycles. The molecule has 2 N–H and O–H groups in total. The van der Waals surface area contributed by atoms with Crippen molar-refractivity contribution in [3.05, 3.63) is 18.5 Å². The van der Waals surface area contributed by atoms with Gasteiger partial charge >= 0.3 is 0 Å². The first-order valence-corrected chi connectivity index (χ1v) is 6.91. The summed E-state index contributed by atoms with van der Waals surface area (Å²) in [5.74, 6) is 0.108. The minimum absolute atomic E-state index is 0.108. The van der Waals surface area contributed by atoms with Gasteiger partial charge in [-0.2, -0.15) is 0 Å². The van der Waals surface area contributed by atoms with Crippen LogP contribution in [0, 0.1) is 0 Å². The van der Waals surface area contributed by atoms with E-state index in [0.717, 1.165) is 37.4 Å². The van der Waals surface area contributed by atoms with E-state index < -0.39 is 0 Å². The van der Waals surface area contributed by atoms with Crippen molar-refractivity contribution in [2.24, 2.45) is 0 Å². The third-order valence-electron chi connectivity index (χ3n) is 2.88. The second-order valence-corrected chi connectivity index (χ2v) is 4.31. The molecule has 0 aromatic carbocycles. The molecule has 0 atom stereocenters. The van der Waals surface area contributed by atoms with Gasteiger partial charge in [0.2, 0.25) is 5.91 Å². The van der Waals surface area contributed by atoms with Gasteiger partial charge in [0.25, 0.3) is 0 Å². The van der Waals surface area contributed by atoms with Gasteiger partial charge in [-0.15, -0.1) is 0 Å². The molecule has 19 heavy (non-hydrogen) atoms. The lowest BCUT2D eigenvalue weighted by Gasteiger charge is -2.19. The molecule has 1 aromatic rings. The number of nitrogens with zero attached hydrogens (tertiary/aromatic N) is 2. The highest BCUT2D eigenvalue weighted by Gasteiger charge is 2.08. The number of hydrogen-bond acceptors (Lipinski definition) is 4. The average Bonchev–Trinajstić information content (AvgIpc) is 2.44. The third-order valence-corrected chi connectivity index (χ3v) is 2.88. The molecule has 0 spiro atoms. The summed E-state index contributed by atoms with van der Waals surface area (Å²) < 4.78 is 0.